The van der Waals surface area contributed by atoms with Crippen LogP contribution in [-0.4, -0.2) is 59.4 Å². The third kappa shape index (κ3) is 4.92. The lowest BCUT2D eigenvalue weighted by Crippen LogP contribution is -2.33. The number of anilines is 1. The van der Waals surface area contributed by atoms with E-state index in [2.05, 4.69) is 15.6 Å². The summed E-state index contributed by atoms with van der Waals surface area (Å²) in [7, 11) is 0. The zero-order valence-corrected chi connectivity index (χ0v) is 17.0. The van der Waals surface area contributed by atoms with E-state index in [1.807, 2.05) is 13.8 Å². The second-order valence-corrected chi connectivity index (χ2v) is 6.52. The number of aromatic nitrogens is 3. The number of ether oxygens (including phenoxy) is 3. The van der Waals surface area contributed by atoms with Gasteiger partial charge >= 0.3 is 6.09 Å². The van der Waals surface area contributed by atoms with Gasteiger partial charge in [0.15, 0.2) is 5.82 Å². The van der Waals surface area contributed by atoms with Gasteiger partial charge in [-0.15, -0.1) is 5.10 Å². The molecule has 1 N–H and O–H groups in total. The quantitative estimate of drug-likeness (QED) is 0.617. The van der Waals surface area contributed by atoms with E-state index >= 15 is 0 Å². The summed E-state index contributed by atoms with van der Waals surface area (Å²) >= 11 is 0. The molecular formula is C19H24FN5O5. The number of cyclic esters (lactones) is 1. The molecule has 0 saturated carbocycles. The number of hydrogen-bond acceptors (Lipinski definition) is 7. The van der Waals surface area contributed by atoms with Gasteiger partial charge < -0.3 is 19.5 Å². The predicted octanol–water partition coefficient (Wildman–Crippen LogP) is 1.94. The molecule has 1 aromatic carbocycles. The number of amides is 2. The maximum absolute atomic E-state index is 14.8. The summed E-state index contributed by atoms with van der Waals surface area (Å²) in [5.41, 5.74) is 0.922. The average Bonchev–Trinajstić information content (AvgIpc) is 3.33. The second-order valence-electron chi connectivity index (χ2n) is 6.52. The molecule has 0 aliphatic carbocycles. The molecule has 2 amide bonds. The summed E-state index contributed by atoms with van der Waals surface area (Å²) in [5, 5.41) is 10.5. The van der Waals surface area contributed by atoms with Crippen LogP contribution in [0.3, 0.4) is 0 Å². The van der Waals surface area contributed by atoms with Crippen molar-refractivity contribution in [3.8, 4) is 5.69 Å². The Labute approximate surface area is 172 Å². The summed E-state index contributed by atoms with van der Waals surface area (Å²) in [4.78, 5) is 24.4. The Balaban J connectivity index is 1.74. The fourth-order valence-electron chi connectivity index (χ4n) is 2.97. The minimum Gasteiger partial charge on any atom is -0.442 e. The summed E-state index contributed by atoms with van der Waals surface area (Å²) in [5.74, 6) is -0.811. The molecule has 1 aliphatic heterocycles. The molecule has 1 aliphatic rings. The first kappa shape index (κ1) is 21.7. The number of carbonyl (C=O) groups is 2. The van der Waals surface area contributed by atoms with Gasteiger partial charge in [-0.05, 0) is 32.0 Å². The Kier molecular flexibility index (Phi) is 6.95. The molecule has 10 nitrogen and oxygen atoms in total. The maximum atomic E-state index is 14.8. The number of benzene rings is 1. The first-order valence-corrected chi connectivity index (χ1v) is 9.60. The van der Waals surface area contributed by atoms with Crippen LogP contribution in [0.2, 0.25) is 0 Å². The van der Waals surface area contributed by atoms with Gasteiger partial charge in [0, 0.05) is 20.1 Å². The van der Waals surface area contributed by atoms with Crippen LogP contribution in [0, 0.1) is 5.82 Å². The van der Waals surface area contributed by atoms with Crippen LogP contribution in [-0.2, 0) is 19.0 Å². The molecule has 30 heavy (non-hydrogen) atoms. The van der Waals surface area contributed by atoms with E-state index in [1.165, 1.54) is 34.8 Å². The summed E-state index contributed by atoms with van der Waals surface area (Å²) in [6.45, 7) is 6.29. The van der Waals surface area contributed by atoms with E-state index < -0.39 is 24.3 Å². The van der Waals surface area contributed by atoms with E-state index in [4.69, 9.17) is 14.2 Å². The fraction of sp³-hybridized carbons (Fsp3) is 0.474. The van der Waals surface area contributed by atoms with Crippen molar-refractivity contribution < 1.29 is 28.2 Å². The highest BCUT2D eigenvalue weighted by Crippen LogP contribution is 2.26. The van der Waals surface area contributed by atoms with Crippen molar-refractivity contribution >= 4 is 17.7 Å². The molecular weight excluding hydrogens is 397 g/mol. The Morgan fingerprint density at radius 1 is 1.37 bits per heavy atom. The Morgan fingerprint density at radius 3 is 2.73 bits per heavy atom. The van der Waals surface area contributed by atoms with Gasteiger partial charge in [-0.1, -0.05) is 5.21 Å². The number of carbonyl (C=O) groups excluding carboxylic acids is 2. The molecule has 2 heterocycles. The van der Waals surface area contributed by atoms with Crippen LogP contribution in [0.15, 0.2) is 24.4 Å². The molecule has 0 spiro atoms. The number of halogens is 1. The molecule has 0 bridgehead atoms. The highest BCUT2D eigenvalue weighted by atomic mass is 19.1. The smallest absolute Gasteiger partial charge is 0.414 e. The Hall–Kier alpha value is -3.05. The zero-order valence-electron chi connectivity index (χ0n) is 17.0. The van der Waals surface area contributed by atoms with Gasteiger partial charge in [-0.3, -0.25) is 9.69 Å². The molecule has 1 atom stereocenters. The van der Waals surface area contributed by atoms with E-state index in [-0.39, 0.29) is 24.7 Å². The van der Waals surface area contributed by atoms with Crippen molar-refractivity contribution in [3.63, 3.8) is 0 Å². The molecule has 1 fully saturated rings. The number of rotatable bonds is 9. The van der Waals surface area contributed by atoms with Crippen LogP contribution >= 0.6 is 0 Å². The van der Waals surface area contributed by atoms with Crippen LogP contribution < -0.4 is 10.2 Å². The third-order valence-corrected chi connectivity index (χ3v) is 4.33. The molecule has 1 aromatic heterocycles. The minimum absolute atomic E-state index is 0.159. The molecule has 11 heteroatoms. The van der Waals surface area contributed by atoms with E-state index in [0.717, 1.165) is 0 Å². The molecule has 2 aromatic rings. The molecule has 1 unspecified atom stereocenters. The van der Waals surface area contributed by atoms with E-state index in [0.29, 0.717) is 24.6 Å². The lowest BCUT2D eigenvalue weighted by Gasteiger charge is -2.14. The monoisotopic (exact) mass is 421 g/mol. The maximum Gasteiger partial charge on any atom is 0.414 e. The SMILES string of the molecule is CCOC(OCC)c1cn(-c2ccc(N3CC(CNC(C)=O)OC3=O)cc2F)nn1. The van der Waals surface area contributed by atoms with Gasteiger partial charge in [0.25, 0.3) is 0 Å². The Bertz CT molecular complexity index is 899. The zero-order chi connectivity index (χ0) is 21.7. The Morgan fingerprint density at radius 2 is 2.10 bits per heavy atom. The van der Waals surface area contributed by atoms with Crippen LogP contribution in [0.5, 0.6) is 0 Å². The number of hydrogen-bond donors (Lipinski definition) is 1. The van der Waals surface area contributed by atoms with Crippen LogP contribution in [0.1, 0.15) is 32.8 Å². The molecule has 1 saturated heterocycles. The van der Waals surface area contributed by atoms with Crippen molar-refractivity contribution in [2.75, 3.05) is 31.2 Å². The van der Waals surface area contributed by atoms with Gasteiger partial charge in [0.05, 0.1) is 25.0 Å². The molecule has 162 valence electrons. The van der Waals surface area contributed by atoms with E-state index in [1.54, 1.807) is 6.07 Å². The number of nitrogens with zero attached hydrogens (tertiary/aromatic N) is 4. The summed E-state index contributed by atoms with van der Waals surface area (Å²) in [6, 6.07) is 4.31. The van der Waals surface area contributed by atoms with Gasteiger partial charge in [-0.2, -0.15) is 0 Å². The summed E-state index contributed by atoms with van der Waals surface area (Å²) in [6.07, 6.45) is -0.259. The lowest BCUT2D eigenvalue weighted by atomic mass is 10.2. The van der Waals surface area contributed by atoms with Crippen molar-refractivity contribution in [1.29, 1.82) is 0 Å². The number of nitrogens with one attached hydrogen (secondary N) is 1. The first-order chi connectivity index (χ1) is 14.4. The third-order valence-electron chi connectivity index (χ3n) is 4.33. The van der Waals surface area contributed by atoms with Crippen molar-refractivity contribution in [2.24, 2.45) is 0 Å². The second kappa shape index (κ2) is 9.63. The normalized spacial score (nSPS) is 16.2. The minimum atomic E-state index is -0.684. The topological polar surface area (TPSA) is 108 Å². The van der Waals surface area contributed by atoms with Crippen LogP contribution in [0.25, 0.3) is 5.69 Å². The predicted molar refractivity (Wildman–Crippen MR) is 104 cm³/mol. The van der Waals surface area contributed by atoms with E-state index in [9.17, 15) is 14.0 Å². The molecule has 3 rings (SSSR count). The van der Waals surface area contributed by atoms with Crippen molar-refractivity contribution in [3.05, 3.63) is 35.9 Å². The van der Waals surface area contributed by atoms with Gasteiger partial charge in [0.2, 0.25) is 12.2 Å². The standard InChI is InChI=1S/C19H24FN5O5/c1-4-28-18(29-5-2)16-11-25(23-22-16)17-7-6-13(8-15(17)20)24-10-14(30-19(24)27)9-21-12(3)26/h6-8,11,14,18H,4-5,9-10H2,1-3H3,(H,21,26). The highest BCUT2D eigenvalue weighted by Gasteiger charge is 2.32. The van der Waals surface area contributed by atoms with Crippen molar-refractivity contribution in [2.45, 2.75) is 33.2 Å². The van der Waals surface area contributed by atoms with Gasteiger partial charge in [-0.25, -0.2) is 13.9 Å². The average molecular weight is 421 g/mol. The van der Waals surface area contributed by atoms with Crippen LogP contribution in [0.4, 0.5) is 14.9 Å². The van der Waals surface area contributed by atoms with Crippen molar-refractivity contribution in [1.82, 2.24) is 20.3 Å². The first-order valence-electron chi connectivity index (χ1n) is 9.60. The fourth-order valence-corrected chi connectivity index (χ4v) is 2.97. The van der Waals surface area contributed by atoms with Gasteiger partial charge in [0.1, 0.15) is 17.5 Å². The summed E-state index contributed by atoms with van der Waals surface area (Å²) < 4.78 is 32.2. The largest absolute Gasteiger partial charge is 0.442 e. The highest BCUT2D eigenvalue weighted by molar-refractivity contribution is 5.90. The molecule has 0 radical (unpaired) electrons. The lowest BCUT2D eigenvalue weighted by molar-refractivity contribution is -0.142.